The van der Waals surface area contributed by atoms with Crippen molar-refractivity contribution in [2.45, 2.75) is 48.1 Å². The Hall–Kier alpha value is -3.62. The van der Waals surface area contributed by atoms with E-state index in [4.69, 9.17) is 16.3 Å². The number of amides is 2. The topological polar surface area (TPSA) is 141 Å². The molecule has 2 fully saturated rings. The van der Waals surface area contributed by atoms with E-state index in [1.165, 1.54) is 17.5 Å². The van der Waals surface area contributed by atoms with E-state index in [-0.39, 0.29) is 35.5 Å². The highest BCUT2D eigenvalue weighted by atomic mass is 35.5. The molecular formula is C32H37ClFN5O6S. The number of pyridine rings is 1. The molecule has 2 atom stereocenters. The average Bonchev–Trinajstić information content (AvgIpc) is 3.05. The maximum Gasteiger partial charge on any atom is 0.407 e. The van der Waals surface area contributed by atoms with Gasteiger partial charge in [0, 0.05) is 61.9 Å². The molecule has 46 heavy (non-hydrogen) atoms. The number of ether oxygens (including phenoxy) is 1. The monoisotopic (exact) mass is 673 g/mol. The molecule has 3 N–H and O–H groups in total. The molecule has 0 unspecified atom stereocenters. The Kier molecular flexibility index (Phi) is 10.6. The van der Waals surface area contributed by atoms with Crippen molar-refractivity contribution in [2.24, 2.45) is 0 Å². The lowest BCUT2D eigenvalue weighted by molar-refractivity contribution is -0.124. The number of halogens is 2. The first-order chi connectivity index (χ1) is 22.0. The Labute approximate surface area is 272 Å². The molecule has 3 heterocycles. The number of carboxylic acid groups (broad SMARTS) is 1. The molecule has 0 saturated carbocycles. The van der Waals surface area contributed by atoms with Crippen LogP contribution in [0.25, 0.3) is 0 Å². The number of carbonyl (C=O) groups excluding carboxylic acids is 1. The number of carbonyl (C=O) groups is 2. The molecule has 0 aliphatic carbocycles. The highest BCUT2D eigenvalue weighted by Gasteiger charge is 2.49. The van der Waals surface area contributed by atoms with Gasteiger partial charge in [-0.2, -0.15) is 4.31 Å². The molecule has 0 bridgehead atoms. The Balaban J connectivity index is 1.43. The van der Waals surface area contributed by atoms with Gasteiger partial charge in [0.25, 0.3) is 0 Å². The molecule has 2 aliphatic rings. The fourth-order valence-corrected chi connectivity index (χ4v) is 8.32. The maximum absolute atomic E-state index is 15.4. The van der Waals surface area contributed by atoms with Crippen LogP contribution in [0.5, 0.6) is 0 Å². The van der Waals surface area contributed by atoms with E-state index in [1.54, 1.807) is 54.6 Å². The molecule has 2 aromatic carbocycles. The largest absolute Gasteiger partial charge is 0.465 e. The summed E-state index contributed by atoms with van der Waals surface area (Å²) in [6, 6.07) is 13.4. The Morgan fingerprint density at radius 2 is 1.87 bits per heavy atom. The number of benzene rings is 2. The zero-order valence-corrected chi connectivity index (χ0v) is 26.9. The zero-order valence-electron chi connectivity index (χ0n) is 25.4. The fourth-order valence-electron chi connectivity index (χ4n) is 6.51. The van der Waals surface area contributed by atoms with E-state index in [0.717, 1.165) is 16.7 Å². The summed E-state index contributed by atoms with van der Waals surface area (Å²) < 4.78 is 49.4. The van der Waals surface area contributed by atoms with Crippen molar-refractivity contribution >= 4 is 39.3 Å². The first-order valence-corrected chi connectivity index (χ1v) is 16.9. The third-order valence-electron chi connectivity index (χ3n) is 8.90. The van der Waals surface area contributed by atoms with Gasteiger partial charge in [-0.05, 0) is 55.5 Å². The first-order valence-electron chi connectivity index (χ1n) is 15.0. The van der Waals surface area contributed by atoms with Crippen molar-refractivity contribution in [1.82, 2.24) is 19.5 Å². The van der Waals surface area contributed by atoms with Gasteiger partial charge in [0.1, 0.15) is 11.9 Å². The second-order valence-corrected chi connectivity index (χ2v) is 13.9. The van der Waals surface area contributed by atoms with Crippen LogP contribution in [-0.4, -0.2) is 91.7 Å². The number of rotatable bonds is 10. The van der Waals surface area contributed by atoms with Gasteiger partial charge in [-0.1, -0.05) is 41.9 Å². The summed E-state index contributed by atoms with van der Waals surface area (Å²) in [6.07, 6.45) is 2.13. The van der Waals surface area contributed by atoms with E-state index in [2.05, 4.69) is 15.6 Å². The smallest absolute Gasteiger partial charge is 0.407 e. The molecule has 14 heteroatoms. The molecule has 2 amide bonds. The van der Waals surface area contributed by atoms with Crippen LogP contribution in [0.15, 0.2) is 71.9 Å². The third kappa shape index (κ3) is 7.03. The number of piperazine rings is 1. The third-order valence-corrected chi connectivity index (χ3v) is 11.1. The van der Waals surface area contributed by atoms with E-state index >= 15 is 4.39 Å². The summed E-state index contributed by atoms with van der Waals surface area (Å²) in [5.41, 5.74) is 0.0141. The molecule has 3 aromatic rings. The molecule has 2 saturated heterocycles. The van der Waals surface area contributed by atoms with E-state index in [0.29, 0.717) is 44.2 Å². The minimum absolute atomic E-state index is 0.0900. The lowest BCUT2D eigenvalue weighted by atomic mass is 9.68. The standard InChI is InChI=1S/C32H37ClFN5O6S/c1-38(31(41)42)29(32(13-17-45-18-14-32)22-7-9-23(33)10-8-22)30(40)37-28-21-36-20-27(34)26(28)12-11-24-19-35-15-16-39(24)46(43,44)25-5-3-2-4-6-25/h2-10,20-21,24,29,35H,11-19H2,1H3,(H,37,40)(H,41,42)/t24-,29+/m0/s1. The summed E-state index contributed by atoms with van der Waals surface area (Å²) >= 11 is 6.15. The van der Waals surface area contributed by atoms with Crippen LogP contribution in [0.3, 0.4) is 0 Å². The predicted octanol–water partition coefficient (Wildman–Crippen LogP) is 4.13. The van der Waals surface area contributed by atoms with E-state index < -0.39 is 45.3 Å². The van der Waals surface area contributed by atoms with Crippen molar-refractivity contribution in [3.05, 3.63) is 89.0 Å². The molecule has 11 nitrogen and oxygen atoms in total. The van der Waals surface area contributed by atoms with Gasteiger partial charge in [-0.3, -0.25) is 14.7 Å². The van der Waals surface area contributed by atoms with Crippen molar-refractivity contribution in [3.63, 3.8) is 0 Å². The van der Waals surface area contributed by atoms with Crippen LogP contribution in [-0.2, 0) is 31.4 Å². The number of nitrogens with one attached hydrogen (secondary N) is 2. The van der Waals surface area contributed by atoms with E-state index in [9.17, 15) is 23.1 Å². The Morgan fingerprint density at radius 3 is 2.54 bits per heavy atom. The lowest BCUT2D eigenvalue weighted by Crippen LogP contribution is -2.59. The molecule has 2 aliphatic heterocycles. The molecule has 0 spiro atoms. The normalized spacial score (nSPS) is 19.2. The maximum atomic E-state index is 15.4. The van der Waals surface area contributed by atoms with Crippen molar-refractivity contribution in [3.8, 4) is 0 Å². The Bertz CT molecular complexity index is 1640. The predicted molar refractivity (Wildman–Crippen MR) is 171 cm³/mol. The Morgan fingerprint density at radius 1 is 1.17 bits per heavy atom. The quantitative estimate of drug-likeness (QED) is 0.292. The number of nitrogens with zero attached hydrogens (tertiary/aromatic N) is 3. The van der Waals surface area contributed by atoms with Crippen molar-refractivity contribution in [1.29, 1.82) is 0 Å². The second kappa shape index (κ2) is 14.4. The van der Waals surface area contributed by atoms with Gasteiger partial charge in [0.2, 0.25) is 15.9 Å². The summed E-state index contributed by atoms with van der Waals surface area (Å²) in [5, 5.41) is 16.6. The SMILES string of the molecule is CN(C(=O)O)[C@H](C(=O)Nc1cncc(F)c1CC[C@H]1CNCCN1S(=O)(=O)c1ccccc1)C1(c2ccc(Cl)cc2)CCOCC1. The van der Waals surface area contributed by atoms with Gasteiger partial charge in [-0.25, -0.2) is 17.6 Å². The highest BCUT2D eigenvalue weighted by Crippen LogP contribution is 2.41. The minimum Gasteiger partial charge on any atom is -0.465 e. The highest BCUT2D eigenvalue weighted by molar-refractivity contribution is 7.89. The van der Waals surface area contributed by atoms with Crippen LogP contribution in [0.2, 0.25) is 5.02 Å². The first kappa shape index (κ1) is 33.7. The van der Waals surface area contributed by atoms with Gasteiger partial charge >= 0.3 is 6.09 Å². The van der Waals surface area contributed by atoms with Gasteiger partial charge < -0.3 is 20.5 Å². The van der Waals surface area contributed by atoms with Crippen molar-refractivity contribution < 1.29 is 32.2 Å². The zero-order chi connectivity index (χ0) is 32.9. The van der Waals surface area contributed by atoms with Crippen LogP contribution < -0.4 is 10.6 Å². The summed E-state index contributed by atoms with van der Waals surface area (Å²) in [7, 11) is -2.46. The number of anilines is 1. The van der Waals surface area contributed by atoms with Crippen LogP contribution >= 0.6 is 11.6 Å². The molecule has 246 valence electrons. The average molecular weight is 674 g/mol. The second-order valence-electron chi connectivity index (χ2n) is 11.5. The van der Waals surface area contributed by atoms with Crippen molar-refractivity contribution in [2.75, 3.05) is 45.2 Å². The number of hydrogen-bond acceptors (Lipinski definition) is 7. The molecule has 5 rings (SSSR count). The molecule has 1 aromatic heterocycles. The number of hydrogen-bond donors (Lipinski definition) is 3. The van der Waals surface area contributed by atoms with Gasteiger partial charge in [0.05, 0.1) is 23.0 Å². The fraction of sp³-hybridized carbons (Fsp3) is 0.406. The van der Waals surface area contributed by atoms with Crippen LogP contribution in [0, 0.1) is 5.82 Å². The molecule has 0 radical (unpaired) electrons. The number of aromatic nitrogens is 1. The van der Waals surface area contributed by atoms with Crippen LogP contribution in [0.4, 0.5) is 14.9 Å². The molecular weight excluding hydrogens is 637 g/mol. The van der Waals surface area contributed by atoms with Gasteiger partial charge in [0.15, 0.2) is 0 Å². The number of sulfonamides is 1. The van der Waals surface area contributed by atoms with Crippen LogP contribution in [0.1, 0.15) is 30.4 Å². The van der Waals surface area contributed by atoms with Gasteiger partial charge in [-0.15, -0.1) is 0 Å². The minimum atomic E-state index is -3.79. The summed E-state index contributed by atoms with van der Waals surface area (Å²) in [6.45, 7) is 1.73. The lowest BCUT2D eigenvalue weighted by Gasteiger charge is -2.45. The summed E-state index contributed by atoms with van der Waals surface area (Å²) in [5.74, 6) is -1.32. The number of likely N-dealkylation sites (N-methyl/N-ethyl adjacent to an activating group) is 1. The summed E-state index contributed by atoms with van der Waals surface area (Å²) in [4.78, 5) is 31.6. The van der Waals surface area contributed by atoms with E-state index in [1.807, 2.05) is 0 Å².